The average molecular weight is 529 g/mol. The quantitative estimate of drug-likeness (QED) is 0.296. The number of hydrogen-bond acceptors (Lipinski definition) is 6. The van der Waals surface area contributed by atoms with Gasteiger partial charge in [0.25, 0.3) is 0 Å². The van der Waals surface area contributed by atoms with Crippen LogP contribution in [0.25, 0.3) is 0 Å². The molecule has 2 aliphatic rings. The van der Waals surface area contributed by atoms with Crippen LogP contribution in [0, 0.1) is 5.92 Å². The van der Waals surface area contributed by atoms with Gasteiger partial charge in [0.05, 0.1) is 11.5 Å². The van der Waals surface area contributed by atoms with Crippen LogP contribution in [0.5, 0.6) is 5.75 Å². The Balaban J connectivity index is 1.32. The third kappa shape index (κ3) is 5.46. The van der Waals surface area contributed by atoms with Gasteiger partial charge in [-0.15, -0.1) is 0 Å². The predicted octanol–water partition coefficient (Wildman–Crippen LogP) is 6.05. The van der Waals surface area contributed by atoms with Crippen molar-refractivity contribution in [2.24, 2.45) is 5.92 Å². The normalized spacial score (nSPS) is 19.6. The lowest BCUT2D eigenvalue weighted by Crippen LogP contribution is -2.49. The zero-order chi connectivity index (χ0) is 27.4. The molecule has 0 unspecified atom stereocenters. The Hall–Kier alpha value is -4.33. The molecule has 2 atom stereocenters. The summed E-state index contributed by atoms with van der Waals surface area (Å²) in [6, 6.07) is 23.6. The minimum absolute atomic E-state index is 0.0948. The van der Waals surface area contributed by atoms with Crippen LogP contribution in [0.2, 0.25) is 0 Å². The lowest BCUT2D eigenvalue weighted by molar-refractivity contribution is -0.121. The van der Waals surface area contributed by atoms with Crippen LogP contribution in [-0.4, -0.2) is 35.6 Å². The average Bonchev–Trinajstić information content (AvgIpc) is 3.44. The molecule has 2 amide bonds. The van der Waals surface area contributed by atoms with E-state index in [1.54, 1.807) is 23.1 Å². The van der Waals surface area contributed by atoms with Gasteiger partial charge in [-0.05, 0) is 41.5 Å². The maximum atomic E-state index is 13.6. The molecule has 1 fully saturated rings. The first kappa shape index (κ1) is 26.3. The highest BCUT2D eigenvalue weighted by Crippen LogP contribution is 2.50. The third-order valence-electron chi connectivity index (χ3n) is 7.35. The smallest absolute Gasteiger partial charge is 0.445 e. The van der Waals surface area contributed by atoms with Crippen molar-refractivity contribution in [1.82, 2.24) is 4.90 Å². The van der Waals surface area contributed by atoms with Crippen molar-refractivity contribution in [3.05, 3.63) is 95.6 Å². The first-order chi connectivity index (χ1) is 18.9. The maximum Gasteiger partial charge on any atom is 0.514 e. The number of amides is 2. The van der Waals surface area contributed by atoms with Crippen LogP contribution in [0.15, 0.2) is 78.9 Å². The van der Waals surface area contributed by atoms with Gasteiger partial charge in [-0.2, -0.15) is 0 Å². The second-order valence-corrected chi connectivity index (χ2v) is 10.4. The van der Waals surface area contributed by atoms with Crippen molar-refractivity contribution in [1.29, 1.82) is 0 Å². The largest absolute Gasteiger partial charge is 0.514 e. The van der Waals surface area contributed by atoms with Gasteiger partial charge < -0.3 is 24.4 Å². The number of hydrogen-bond donors (Lipinski definition) is 1. The van der Waals surface area contributed by atoms with Gasteiger partial charge in [0.1, 0.15) is 19.0 Å². The van der Waals surface area contributed by atoms with Gasteiger partial charge in [-0.25, -0.2) is 9.59 Å². The highest BCUT2D eigenvalue weighted by atomic mass is 16.7. The number of carbonyl (C=O) groups is 3. The van der Waals surface area contributed by atoms with E-state index < -0.39 is 17.7 Å². The zero-order valence-corrected chi connectivity index (χ0v) is 22.1. The molecule has 0 bridgehead atoms. The van der Waals surface area contributed by atoms with E-state index >= 15 is 0 Å². The summed E-state index contributed by atoms with van der Waals surface area (Å²) < 4.78 is 16.2. The van der Waals surface area contributed by atoms with Crippen LogP contribution < -0.4 is 10.1 Å². The molecule has 2 aliphatic heterocycles. The minimum atomic E-state index is -0.905. The van der Waals surface area contributed by atoms with E-state index in [2.05, 4.69) is 19.2 Å². The number of likely N-dealkylation sites (tertiary alicyclic amines) is 1. The number of fused-ring (bicyclic) bond motifs is 2. The van der Waals surface area contributed by atoms with Crippen LogP contribution in [-0.2, 0) is 32.9 Å². The molecule has 0 radical (unpaired) electrons. The molecule has 8 nitrogen and oxygen atoms in total. The van der Waals surface area contributed by atoms with Gasteiger partial charge >= 0.3 is 12.2 Å². The summed E-state index contributed by atoms with van der Waals surface area (Å²) in [5, 5.41) is 2.97. The highest BCUT2D eigenvalue weighted by Gasteiger charge is 2.59. The summed E-state index contributed by atoms with van der Waals surface area (Å²) in [4.78, 5) is 40.7. The van der Waals surface area contributed by atoms with Crippen LogP contribution >= 0.6 is 0 Å². The van der Waals surface area contributed by atoms with E-state index in [9.17, 15) is 14.4 Å². The van der Waals surface area contributed by atoms with Crippen LogP contribution in [0.1, 0.15) is 43.4 Å². The van der Waals surface area contributed by atoms with E-state index in [1.165, 1.54) is 0 Å². The van der Waals surface area contributed by atoms with Crippen LogP contribution in [0.3, 0.4) is 0 Å². The summed E-state index contributed by atoms with van der Waals surface area (Å²) in [7, 11) is 0. The molecule has 3 aromatic carbocycles. The monoisotopic (exact) mass is 528 g/mol. The number of nitrogens with one attached hydrogen (secondary N) is 1. The molecule has 202 valence electrons. The van der Waals surface area contributed by atoms with Crippen LogP contribution in [0.4, 0.5) is 15.3 Å². The van der Waals surface area contributed by atoms with Crippen molar-refractivity contribution in [3.63, 3.8) is 0 Å². The molecule has 1 N–H and O–H groups in total. The molecule has 0 aliphatic carbocycles. The Morgan fingerprint density at radius 2 is 1.59 bits per heavy atom. The number of carbonyl (C=O) groups excluding carboxylic acids is 3. The molecular weight excluding hydrogens is 496 g/mol. The Morgan fingerprint density at radius 1 is 0.949 bits per heavy atom. The Morgan fingerprint density at radius 3 is 2.23 bits per heavy atom. The first-order valence-electron chi connectivity index (χ1n) is 13.2. The maximum absolute atomic E-state index is 13.6. The summed E-state index contributed by atoms with van der Waals surface area (Å²) >= 11 is 0. The Labute approximate surface area is 227 Å². The van der Waals surface area contributed by atoms with Crippen molar-refractivity contribution >= 4 is 23.8 Å². The Bertz CT molecular complexity index is 1340. The van der Waals surface area contributed by atoms with Gasteiger partial charge in [-0.1, -0.05) is 80.6 Å². The fraction of sp³-hybridized carbons (Fsp3) is 0.323. The van der Waals surface area contributed by atoms with Crippen molar-refractivity contribution < 1.29 is 28.6 Å². The van der Waals surface area contributed by atoms with E-state index in [-0.39, 0.29) is 36.8 Å². The topological polar surface area (TPSA) is 94.2 Å². The van der Waals surface area contributed by atoms with Gasteiger partial charge in [0.2, 0.25) is 5.91 Å². The number of ether oxygens (including phenoxy) is 3. The first-order valence-corrected chi connectivity index (χ1v) is 13.2. The fourth-order valence-corrected chi connectivity index (χ4v) is 5.54. The van der Waals surface area contributed by atoms with Gasteiger partial charge in [0, 0.05) is 18.3 Å². The van der Waals surface area contributed by atoms with E-state index in [0.717, 1.165) is 16.7 Å². The molecular formula is C31H32N2O6. The number of benzene rings is 3. The SMILES string of the molecule is CC(C)C[C@@H]1N(C(=O)OCc2ccccc2)CC[C@]12C(=O)Nc1cc(OC(=O)OCc3ccccc3)ccc12. The molecule has 8 heteroatoms. The second-order valence-electron chi connectivity index (χ2n) is 10.4. The standard InChI is InChI=1S/C31H32N2O6/c1-21(2)17-27-31(15-16-33(27)29(35)37-19-22-9-5-3-6-10-22)25-14-13-24(18-26(25)32-28(31)34)39-30(36)38-20-23-11-7-4-8-12-23/h3-14,18,21,27H,15-17,19-20H2,1-2H3,(H,32,34)/t27-,31+/m0/s1. The lowest BCUT2D eigenvalue weighted by Gasteiger charge is -2.34. The van der Waals surface area contributed by atoms with E-state index in [4.69, 9.17) is 14.2 Å². The molecule has 0 aromatic heterocycles. The number of anilines is 1. The highest BCUT2D eigenvalue weighted by molar-refractivity contribution is 6.07. The fourth-order valence-electron chi connectivity index (χ4n) is 5.54. The lowest BCUT2D eigenvalue weighted by atomic mass is 9.72. The van der Waals surface area contributed by atoms with Gasteiger partial charge in [0.15, 0.2) is 0 Å². The summed E-state index contributed by atoms with van der Waals surface area (Å²) in [6.45, 7) is 4.82. The van der Waals surface area contributed by atoms with E-state index in [1.807, 2.05) is 60.7 Å². The molecule has 3 aromatic rings. The third-order valence-corrected chi connectivity index (χ3v) is 7.35. The summed E-state index contributed by atoms with van der Waals surface area (Å²) in [5.41, 5.74) is 2.21. The molecule has 5 rings (SSSR count). The molecule has 39 heavy (non-hydrogen) atoms. The zero-order valence-electron chi connectivity index (χ0n) is 22.1. The number of nitrogens with zero attached hydrogens (tertiary/aromatic N) is 1. The molecule has 1 saturated heterocycles. The summed E-state index contributed by atoms with van der Waals surface area (Å²) in [6.07, 6.45) is -0.146. The van der Waals surface area contributed by atoms with Crippen molar-refractivity contribution in [3.8, 4) is 5.75 Å². The van der Waals surface area contributed by atoms with Gasteiger partial charge in [-0.3, -0.25) is 4.79 Å². The molecule has 0 saturated carbocycles. The van der Waals surface area contributed by atoms with Crippen molar-refractivity contribution in [2.45, 2.75) is 51.4 Å². The van der Waals surface area contributed by atoms with E-state index in [0.29, 0.717) is 25.1 Å². The Kier molecular flexibility index (Phi) is 7.54. The number of rotatable bonds is 7. The predicted molar refractivity (Wildman–Crippen MR) is 145 cm³/mol. The molecule has 2 heterocycles. The second kappa shape index (κ2) is 11.2. The van der Waals surface area contributed by atoms with Crippen molar-refractivity contribution in [2.75, 3.05) is 11.9 Å². The molecule has 1 spiro atoms. The summed E-state index contributed by atoms with van der Waals surface area (Å²) in [5.74, 6) is 0.347. The minimum Gasteiger partial charge on any atom is -0.445 e.